The zero-order chi connectivity index (χ0) is 24.7. The zero-order valence-corrected chi connectivity index (χ0v) is 20.5. The Morgan fingerprint density at radius 2 is 1.47 bits per heavy atom. The molecule has 0 bridgehead atoms. The van der Waals surface area contributed by atoms with Gasteiger partial charge in [-0.3, -0.25) is 9.59 Å². The molecule has 1 N–H and O–H groups in total. The largest absolute Gasteiger partial charge is 0.350 e. The third-order valence-corrected chi connectivity index (χ3v) is 5.56. The number of benzene rings is 3. The van der Waals surface area contributed by atoms with Gasteiger partial charge in [0.15, 0.2) is 0 Å². The Morgan fingerprint density at radius 1 is 0.882 bits per heavy atom. The topological polar surface area (TPSA) is 49.4 Å². The van der Waals surface area contributed by atoms with Crippen LogP contribution in [0.25, 0.3) is 0 Å². The minimum atomic E-state index is -0.744. The van der Waals surface area contributed by atoms with E-state index in [0.29, 0.717) is 11.4 Å². The summed E-state index contributed by atoms with van der Waals surface area (Å²) in [6.07, 6.45) is 0.475. The molecule has 3 aromatic rings. The lowest BCUT2D eigenvalue weighted by molar-refractivity contribution is -0.141. The average molecular weight is 481 g/mol. The first-order valence-electron chi connectivity index (χ1n) is 11.2. The van der Waals surface area contributed by atoms with E-state index in [2.05, 4.69) is 5.32 Å². The van der Waals surface area contributed by atoms with Crippen LogP contribution in [-0.2, 0) is 29.0 Å². The Balaban J connectivity index is 1.97. The molecule has 178 valence electrons. The molecule has 34 heavy (non-hydrogen) atoms. The molecule has 0 saturated heterocycles. The van der Waals surface area contributed by atoms with Crippen LogP contribution in [-0.4, -0.2) is 28.3 Å². The lowest BCUT2D eigenvalue weighted by atomic mass is 10.00. The smallest absolute Gasteiger partial charge is 0.243 e. The molecule has 0 aromatic heterocycles. The predicted molar refractivity (Wildman–Crippen MR) is 134 cm³/mol. The molecule has 0 aliphatic heterocycles. The normalized spacial score (nSPS) is 12.1. The first kappa shape index (κ1) is 25.4. The number of nitrogens with one attached hydrogen (secondary N) is 1. The van der Waals surface area contributed by atoms with E-state index in [0.717, 1.165) is 16.7 Å². The van der Waals surface area contributed by atoms with Crippen LogP contribution in [0.2, 0.25) is 5.02 Å². The van der Waals surface area contributed by atoms with Gasteiger partial charge in [-0.1, -0.05) is 66.2 Å². The highest BCUT2D eigenvalue weighted by atomic mass is 35.5. The molecule has 0 radical (unpaired) electrons. The van der Waals surface area contributed by atoms with Gasteiger partial charge in [0, 0.05) is 23.5 Å². The SMILES string of the molecule is CC(C)(C)NC(=O)[C@H](Cc1ccccc1)N(Cc1ccc(F)cc1)C(=O)Cc1ccc(Cl)cc1. The Bertz CT molecular complexity index is 1090. The van der Waals surface area contributed by atoms with Crippen LogP contribution < -0.4 is 5.32 Å². The minimum absolute atomic E-state index is 0.118. The highest BCUT2D eigenvalue weighted by molar-refractivity contribution is 6.30. The van der Waals surface area contributed by atoms with Gasteiger partial charge in [-0.2, -0.15) is 0 Å². The van der Waals surface area contributed by atoms with E-state index < -0.39 is 11.6 Å². The van der Waals surface area contributed by atoms with Crippen molar-refractivity contribution in [2.24, 2.45) is 0 Å². The van der Waals surface area contributed by atoms with E-state index in [1.165, 1.54) is 12.1 Å². The number of carbonyl (C=O) groups excluding carboxylic acids is 2. The van der Waals surface area contributed by atoms with E-state index in [9.17, 15) is 14.0 Å². The van der Waals surface area contributed by atoms with Crippen molar-refractivity contribution in [1.82, 2.24) is 10.2 Å². The highest BCUT2D eigenvalue weighted by Crippen LogP contribution is 2.18. The molecule has 3 rings (SSSR count). The fourth-order valence-electron chi connectivity index (χ4n) is 3.67. The van der Waals surface area contributed by atoms with E-state index in [-0.39, 0.29) is 30.6 Å². The van der Waals surface area contributed by atoms with Crippen LogP contribution in [0, 0.1) is 5.82 Å². The van der Waals surface area contributed by atoms with Gasteiger partial charge in [-0.25, -0.2) is 4.39 Å². The van der Waals surface area contributed by atoms with Gasteiger partial charge in [-0.05, 0) is 61.7 Å². The number of hydrogen-bond acceptors (Lipinski definition) is 2. The molecule has 0 heterocycles. The maximum atomic E-state index is 13.6. The lowest BCUT2D eigenvalue weighted by Gasteiger charge is -2.34. The van der Waals surface area contributed by atoms with Gasteiger partial charge in [-0.15, -0.1) is 0 Å². The summed E-state index contributed by atoms with van der Waals surface area (Å²) in [6, 6.07) is 22.0. The molecule has 0 aliphatic rings. The monoisotopic (exact) mass is 480 g/mol. The van der Waals surface area contributed by atoms with Gasteiger partial charge in [0.2, 0.25) is 11.8 Å². The molecule has 0 fully saturated rings. The van der Waals surface area contributed by atoms with Gasteiger partial charge in [0.05, 0.1) is 6.42 Å². The van der Waals surface area contributed by atoms with E-state index >= 15 is 0 Å². The van der Waals surface area contributed by atoms with Gasteiger partial charge in [0.25, 0.3) is 0 Å². The number of rotatable bonds is 8. The Labute approximate surface area is 205 Å². The van der Waals surface area contributed by atoms with Crippen molar-refractivity contribution in [2.75, 3.05) is 0 Å². The Kier molecular flexibility index (Phi) is 8.46. The lowest BCUT2D eigenvalue weighted by Crippen LogP contribution is -2.54. The van der Waals surface area contributed by atoms with E-state index in [1.807, 2.05) is 51.1 Å². The summed E-state index contributed by atoms with van der Waals surface area (Å²) in [5.74, 6) is -0.784. The fourth-order valence-corrected chi connectivity index (χ4v) is 3.80. The third-order valence-electron chi connectivity index (χ3n) is 5.30. The fraction of sp³-hybridized carbons (Fsp3) is 0.286. The van der Waals surface area contributed by atoms with Gasteiger partial charge in [0.1, 0.15) is 11.9 Å². The van der Waals surface area contributed by atoms with Crippen molar-refractivity contribution in [1.29, 1.82) is 0 Å². The summed E-state index contributed by atoms with van der Waals surface area (Å²) in [7, 11) is 0. The van der Waals surface area contributed by atoms with Crippen LogP contribution >= 0.6 is 11.6 Å². The van der Waals surface area contributed by atoms with Crippen LogP contribution in [0.5, 0.6) is 0 Å². The molecule has 0 aliphatic carbocycles. The molecule has 6 heteroatoms. The number of halogens is 2. The number of nitrogens with zero attached hydrogens (tertiary/aromatic N) is 1. The molecule has 0 spiro atoms. The molecule has 3 aromatic carbocycles. The van der Waals surface area contributed by atoms with Crippen molar-refractivity contribution in [2.45, 2.75) is 51.7 Å². The van der Waals surface area contributed by atoms with Gasteiger partial charge < -0.3 is 10.2 Å². The molecule has 4 nitrogen and oxygen atoms in total. The number of hydrogen-bond donors (Lipinski definition) is 1. The molecule has 1 atom stereocenters. The number of amides is 2. The van der Waals surface area contributed by atoms with Crippen molar-refractivity contribution < 1.29 is 14.0 Å². The summed E-state index contributed by atoms with van der Waals surface area (Å²) in [4.78, 5) is 28.7. The van der Waals surface area contributed by atoms with Crippen LogP contribution in [0.3, 0.4) is 0 Å². The first-order valence-corrected chi connectivity index (χ1v) is 11.6. The second-order valence-electron chi connectivity index (χ2n) is 9.40. The Hall–Kier alpha value is -3.18. The average Bonchev–Trinajstić information content (AvgIpc) is 2.78. The van der Waals surface area contributed by atoms with Crippen LogP contribution in [0.15, 0.2) is 78.9 Å². The van der Waals surface area contributed by atoms with Crippen molar-refractivity contribution in [3.63, 3.8) is 0 Å². The third kappa shape index (κ3) is 7.70. The number of carbonyl (C=O) groups is 2. The summed E-state index contributed by atoms with van der Waals surface area (Å²) in [5.41, 5.74) is 2.02. The first-order chi connectivity index (χ1) is 16.1. The van der Waals surface area contributed by atoms with Crippen LogP contribution in [0.4, 0.5) is 4.39 Å². The predicted octanol–water partition coefficient (Wildman–Crippen LogP) is 5.58. The summed E-state index contributed by atoms with van der Waals surface area (Å²) in [6.45, 7) is 5.90. The molecular formula is C28H30ClFN2O2. The maximum absolute atomic E-state index is 13.6. The van der Waals surface area contributed by atoms with Crippen LogP contribution in [0.1, 0.15) is 37.5 Å². The maximum Gasteiger partial charge on any atom is 0.243 e. The summed E-state index contributed by atoms with van der Waals surface area (Å²) >= 11 is 6.00. The van der Waals surface area contributed by atoms with E-state index in [1.54, 1.807) is 41.3 Å². The summed E-state index contributed by atoms with van der Waals surface area (Å²) in [5, 5.41) is 3.62. The standard InChI is InChI=1S/C28H30ClFN2O2/c1-28(2,3)31-27(34)25(17-20-7-5-4-6-8-20)32(19-22-11-15-24(30)16-12-22)26(33)18-21-9-13-23(29)14-10-21/h4-16,25H,17-19H2,1-3H3,(H,31,34)/t25-/m0/s1. The van der Waals surface area contributed by atoms with Crippen molar-refractivity contribution in [3.8, 4) is 0 Å². The quantitative estimate of drug-likeness (QED) is 0.457. The molecule has 0 saturated carbocycles. The molecule has 2 amide bonds. The van der Waals surface area contributed by atoms with Crippen molar-refractivity contribution >= 4 is 23.4 Å². The highest BCUT2D eigenvalue weighted by Gasteiger charge is 2.32. The van der Waals surface area contributed by atoms with E-state index in [4.69, 9.17) is 11.6 Å². The molecular weight excluding hydrogens is 451 g/mol. The Morgan fingerprint density at radius 3 is 2.06 bits per heavy atom. The summed E-state index contributed by atoms with van der Waals surface area (Å²) < 4.78 is 13.5. The zero-order valence-electron chi connectivity index (χ0n) is 19.7. The van der Waals surface area contributed by atoms with Gasteiger partial charge >= 0.3 is 0 Å². The second kappa shape index (κ2) is 11.3. The molecule has 0 unspecified atom stereocenters. The van der Waals surface area contributed by atoms with Crippen molar-refractivity contribution in [3.05, 3.63) is 106 Å². The minimum Gasteiger partial charge on any atom is -0.350 e. The second-order valence-corrected chi connectivity index (χ2v) is 9.83.